The molecule has 2 nitrogen and oxygen atoms in total. The molecule has 1 heterocycles. The predicted molar refractivity (Wildman–Crippen MR) is 50.9 cm³/mol. The minimum Gasteiger partial charge on any atom is -0.295 e. The molecule has 2 heteroatoms. The van der Waals surface area contributed by atoms with Crippen LogP contribution in [-0.2, 0) is 13.1 Å². The highest BCUT2D eigenvalue weighted by atomic mass is 15.1. The van der Waals surface area contributed by atoms with Crippen LogP contribution in [0, 0.1) is 11.3 Å². The predicted octanol–water partition coefficient (Wildman–Crippen LogP) is 1.89. The van der Waals surface area contributed by atoms with Crippen LogP contribution in [0.15, 0.2) is 18.2 Å². The molecule has 0 spiro atoms. The molecule has 0 radical (unpaired) electrons. The highest BCUT2D eigenvalue weighted by molar-refractivity contribution is 5.39. The monoisotopic (exact) mass is 172 g/mol. The van der Waals surface area contributed by atoms with Gasteiger partial charge in [-0.15, -0.1) is 0 Å². The molecule has 1 aliphatic rings. The molecule has 0 amide bonds. The quantitative estimate of drug-likeness (QED) is 0.646. The van der Waals surface area contributed by atoms with E-state index in [2.05, 4.69) is 24.0 Å². The molecule has 0 unspecified atom stereocenters. The number of benzene rings is 1. The molecule has 0 aliphatic carbocycles. The molecule has 0 fully saturated rings. The maximum absolute atomic E-state index is 8.73. The van der Waals surface area contributed by atoms with Gasteiger partial charge in [0, 0.05) is 13.1 Å². The zero-order chi connectivity index (χ0) is 9.26. The van der Waals surface area contributed by atoms with Gasteiger partial charge in [0.1, 0.15) is 0 Å². The van der Waals surface area contributed by atoms with E-state index in [1.54, 1.807) is 0 Å². The van der Waals surface area contributed by atoms with Crippen molar-refractivity contribution in [2.24, 2.45) is 0 Å². The van der Waals surface area contributed by atoms with E-state index in [0.717, 1.165) is 25.2 Å². The van der Waals surface area contributed by atoms with Gasteiger partial charge < -0.3 is 0 Å². The zero-order valence-corrected chi connectivity index (χ0v) is 7.75. The summed E-state index contributed by atoms with van der Waals surface area (Å²) in [5.41, 5.74) is 3.47. The molecule has 0 N–H and O–H groups in total. The van der Waals surface area contributed by atoms with Crippen molar-refractivity contribution in [1.82, 2.24) is 4.90 Å². The summed E-state index contributed by atoms with van der Waals surface area (Å²) in [5.74, 6) is 0. The van der Waals surface area contributed by atoms with E-state index in [1.807, 2.05) is 12.1 Å². The summed E-state index contributed by atoms with van der Waals surface area (Å²) in [6.07, 6.45) is 0. The average molecular weight is 172 g/mol. The third-order valence-electron chi connectivity index (χ3n) is 2.57. The molecule has 0 saturated heterocycles. The number of rotatable bonds is 1. The molecule has 0 saturated carbocycles. The summed E-state index contributed by atoms with van der Waals surface area (Å²) >= 11 is 0. The third kappa shape index (κ3) is 1.43. The molecule has 1 aromatic rings. The number of hydrogen-bond acceptors (Lipinski definition) is 2. The maximum Gasteiger partial charge on any atom is 0.0991 e. The Balaban J connectivity index is 2.32. The fourth-order valence-electron chi connectivity index (χ4n) is 1.76. The van der Waals surface area contributed by atoms with Crippen LogP contribution in [0.5, 0.6) is 0 Å². The van der Waals surface area contributed by atoms with Crippen molar-refractivity contribution in [3.05, 3.63) is 34.9 Å². The van der Waals surface area contributed by atoms with E-state index in [4.69, 9.17) is 5.26 Å². The lowest BCUT2D eigenvalue weighted by atomic mass is 10.1. The van der Waals surface area contributed by atoms with E-state index in [-0.39, 0.29) is 0 Å². The van der Waals surface area contributed by atoms with Crippen molar-refractivity contribution >= 4 is 0 Å². The van der Waals surface area contributed by atoms with Crippen molar-refractivity contribution in [2.75, 3.05) is 6.54 Å². The zero-order valence-electron chi connectivity index (χ0n) is 7.75. The van der Waals surface area contributed by atoms with Crippen molar-refractivity contribution in [1.29, 1.82) is 5.26 Å². The van der Waals surface area contributed by atoms with Gasteiger partial charge in [-0.05, 0) is 29.8 Å². The lowest BCUT2D eigenvalue weighted by Crippen LogP contribution is -2.14. The van der Waals surface area contributed by atoms with Crippen LogP contribution < -0.4 is 0 Å². The Morgan fingerprint density at radius 3 is 2.85 bits per heavy atom. The summed E-state index contributed by atoms with van der Waals surface area (Å²) in [7, 11) is 0. The van der Waals surface area contributed by atoms with Crippen LogP contribution in [-0.4, -0.2) is 11.4 Å². The standard InChI is InChI=1S/C11H12N2/c1-2-13-7-10-4-3-9(6-12)5-11(10)8-13/h3-5H,2,7-8H2,1H3. The molecule has 2 rings (SSSR count). The first-order chi connectivity index (χ1) is 6.33. The molecular formula is C11H12N2. The van der Waals surface area contributed by atoms with Gasteiger partial charge in [-0.3, -0.25) is 4.90 Å². The van der Waals surface area contributed by atoms with Gasteiger partial charge in [0.25, 0.3) is 0 Å². The van der Waals surface area contributed by atoms with Gasteiger partial charge in [-0.2, -0.15) is 5.26 Å². The van der Waals surface area contributed by atoms with E-state index in [0.29, 0.717) is 0 Å². The Morgan fingerprint density at radius 2 is 2.15 bits per heavy atom. The van der Waals surface area contributed by atoms with Gasteiger partial charge >= 0.3 is 0 Å². The molecule has 0 aromatic heterocycles. The van der Waals surface area contributed by atoms with Crippen LogP contribution >= 0.6 is 0 Å². The van der Waals surface area contributed by atoms with Crippen molar-refractivity contribution in [2.45, 2.75) is 20.0 Å². The van der Waals surface area contributed by atoms with Crippen LogP contribution in [0.4, 0.5) is 0 Å². The van der Waals surface area contributed by atoms with Crippen molar-refractivity contribution in [3.63, 3.8) is 0 Å². The Hall–Kier alpha value is -1.33. The number of hydrogen-bond donors (Lipinski definition) is 0. The lowest BCUT2D eigenvalue weighted by Gasteiger charge is -2.09. The number of nitriles is 1. The Kier molecular flexibility index (Phi) is 2.03. The van der Waals surface area contributed by atoms with Crippen LogP contribution in [0.25, 0.3) is 0 Å². The van der Waals surface area contributed by atoms with Crippen LogP contribution in [0.2, 0.25) is 0 Å². The second-order valence-corrected chi connectivity index (χ2v) is 3.40. The fourth-order valence-corrected chi connectivity index (χ4v) is 1.76. The second-order valence-electron chi connectivity index (χ2n) is 3.40. The fraction of sp³-hybridized carbons (Fsp3) is 0.364. The average Bonchev–Trinajstić information content (AvgIpc) is 2.58. The topological polar surface area (TPSA) is 27.0 Å². The van der Waals surface area contributed by atoms with E-state index >= 15 is 0 Å². The van der Waals surface area contributed by atoms with E-state index < -0.39 is 0 Å². The molecule has 13 heavy (non-hydrogen) atoms. The van der Waals surface area contributed by atoms with Gasteiger partial charge in [0.15, 0.2) is 0 Å². The first kappa shape index (κ1) is 8.28. The summed E-state index contributed by atoms with van der Waals surface area (Å²) in [4.78, 5) is 2.37. The number of nitrogens with zero attached hydrogens (tertiary/aromatic N) is 2. The van der Waals surface area contributed by atoms with Crippen LogP contribution in [0.1, 0.15) is 23.6 Å². The largest absolute Gasteiger partial charge is 0.295 e. The van der Waals surface area contributed by atoms with E-state index in [9.17, 15) is 0 Å². The summed E-state index contributed by atoms with van der Waals surface area (Å²) in [6.45, 7) is 5.28. The van der Waals surface area contributed by atoms with Crippen LogP contribution in [0.3, 0.4) is 0 Å². The summed E-state index contributed by atoms with van der Waals surface area (Å²) in [5, 5.41) is 8.73. The SMILES string of the molecule is CCN1Cc2ccc(C#N)cc2C1. The van der Waals surface area contributed by atoms with Gasteiger partial charge in [-0.25, -0.2) is 0 Å². The Labute approximate surface area is 78.4 Å². The first-order valence-electron chi connectivity index (χ1n) is 4.57. The van der Waals surface area contributed by atoms with Gasteiger partial charge in [-0.1, -0.05) is 13.0 Å². The van der Waals surface area contributed by atoms with Crippen molar-refractivity contribution < 1.29 is 0 Å². The van der Waals surface area contributed by atoms with Crippen molar-refractivity contribution in [3.8, 4) is 6.07 Å². The number of fused-ring (bicyclic) bond motifs is 1. The minimum absolute atomic E-state index is 0.775. The smallest absolute Gasteiger partial charge is 0.0991 e. The normalized spacial score (nSPS) is 15.4. The molecule has 0 atom stereocenters. The molecule has 1 aliphatic heterocycles. The molecule has 1 aromatic carbocycles. The minimum atomic E-state index is 0.775. The molecule has 66 valence electrons. The van der Waals surface area contributed by atoms with Gasteiger partial charge in [0.05, 0.1) is 11.6 Å². The molecular weight excluding hydrogens is 160 g/mol. The third-order valence-corrected chi connectivity index (χ3v) is 2.57. The highest BCUT2D eigenvalue weighted by Crippen LogP contribution is 2.22. The highest BCUT2D eigenvalue weighted by Gasteiger charge is 2.16. The first-order valence-corrected chi connectivity index (χ1v) is 4.57. The summed E-state index contributed by atoms with van der Waals surface area (Å²) in [6, 6.07) is 8.15. The van der Waals surface area contributed by atoms with Gasteiger partial charge in [0.2, 0.25) is 0 Å². The maximum atomic E-state index is 8.73. The Bertz CT molecular complexity index is 363. The second kappa shape index (κ2) is 3.20. The van der Waals surface area contributed by atoms with E-state index in [1.165, 1.54) is 11.1 Å². The Morgan fingerprint density at radius 1 is 1.38 bits per heavy atom. The lowest BCUT2D eigenvalue weighted by molar-refractivity contribution is 0.301. The molecule has 0 bridgehead atoms. The summed E-state index contributed by atoms with van der Waals surface area (Å²) < 4.78 is 0.